The third-order valence-corrected chi connectivity index (χ3v) is 1.41. The van der Waals surface area contributed by atoms with Gasteiger partial charge < -0.3 is 0 Å². The van der Waals surface area contributed by atoms with Gasteiger partial charge >= 0.3 is 0 Å². The van der Waals surface area contributed by atoms with Gasteiger partial charge in [-0.25, -0.2) is 4.21 Å². The molecule has 0 aliphatic heterocycles. The summed E-state index contributed by atoms with van der Waals surface area (Å²) in [6, 6.07) is 0. The summed E-state index contributed by atoms with van der Waals surface area (Å²) >= 11 is 0. The largest absolute Gasteiger partial charge is 0.242 e. The van der Waals surface area contributed by atoms with Gasteiger partial charge in [0, 0.05) is 0 Å². The van der Waals surface area contributed by atoms with E-state index in [1.807, 2.05) is 0 Å². The maximum atomic E-state index is 10.1. The molecule has 0 saturated heterocycles. The molecule has 0 aromatic carbocycles. The monoisotopic (exact) mass is 138 g/mol. The van der Waals surface area contributed by atoms with Crippen LogP contribution >= 0.6 is 10.7 Å². The molecule has 0 radical (unpaired) electrons. The van der Waals surface area contributed by atoms with Crippen LogP contribution < -0.4 is 0 Å². The SMILES string of the molecule is C=C(C)CS(=O)Cl. The Morgan fingerprint density at radius 2 is 2.43 bits per heavy atom. The molecule has 1 unspecified atom stereocenters. The molecule has 0 aromatic heterocycles. The van der Waals surface area contributed by atoms with Crippen molar-refractivity contribution in [1.29, 1.82) is 0 Å². The Kier molecular flexibility index (Phi) is 3.30. The first-order valence-corrected chi connectivity index (χ1v) is 3.96. The number of halogens is 1. The molecular formula is C4H7ClOS. The average molecular weight is 139 g/mol. The normalized spacial score (nSPS) is 13.4. The molecule has 0 heterocycles. The quantitative estimate of drug-likeness (QED) is 0.417. The standard InChI is InChI=1S/C4H7ClOS/c1-4(2)3-7(5)6/h1,3H2,2H3. The van der Waals surface area contributed by atoms with Crippen molar-refractivity contribution >= 4 is 20.7 Å². The van der Waals surface area contributed by atoms with E-state index in [0.29, 0.717) is 5.75 Å². The second-order valence-corrected chi connectivity index (χ2v) is 3.29. The van der Waals surface area contributed by atoms with Crippen LogP contribution in [0.4, 0.5) is 0 Å². The highest BCUT2D eigenvalue weighted by atomic mass is 35.7. The van der Waals surface area contributed by atoms with Crippen molar-refractivity contribution < 1.29 is 4.21 Å². The van der Waals surface area contributed by atoms with E-state index in [9.17, 15) is 4.21 Å². The second kappa shape index (κ2) is 3.22. The van der Waals surface area contributed by atoms with Crippen LogP contribution in [0.15, 0.2) is 12.2 Å². The van der Waals surface area contributed by atoms with Gasteiger partial charge in [-0.15, -0.1) is 0 Å². The molecule has 0 aliphatic carbocycles. The minimum atomic E-state index is -1.22. The zero-order valence-corrected chi connectivity index (χ0v) is 5.68. The van der Waals surface area contributed by atoms with Crippen molar-refractivity contribution in [3.05, 3.63) is 12.2 Å². The van der Waals surface area contributed by atoms with E-state index in [1.165, 1.54) is 0 Å². The Morgan fingerprint density at radius 1 is 2.00 bits per heavy atom. The maximum Gasteiger partial charge on any atom is 0.119 e. The first-order chi connectivity index (χ1) is 3.13. The van der Waals surface area contributed by atoms with Crippen molar-refractivity contribution in [2.75, 3.05) is 5.75 Å². The van der Waals surface area contributed by atoms with Crippen LogP contribution in [0.5, 0.6) is 0 Å². The lowest BCUT2D eigenvalue weighted by Crippen LogP contribution is -1.86. The smallest absolute Gasteiger partial charge is 0.119 e. The summed E-state index contributed by atoms with van der Waals surface area (Å²) in [5.74, 6) is 0.404. The number of rotatable bonds is 2. The maximum absolute atomic E-state index is 10.1. The Morgan fingerprint density at radius 3 is 2.43 bits per heavy atom. The van der Waals surface area contributed by atoms with Gasteiger partial charge in [-0.05, 0) is 17.6 Å². The van der Waals surface area contributed by atoms with E-state index in [0.717, 1.165) is 5.57 Å². The minimum Gasteiger partial charge on any atom is -0.242 e. The molecule has 3 heteroatoms. The Balaban J connectivity index is 3.32. The third kappa shape index (κ3) is 6.18. The minimum absolute atomic E-state index is 0.404. The molecule has 0 N–H and O–H groups in total. The zero-order valence-electron chi connectivity index (χ0n) is 4.11. The molecule has 0 fully saturated rings. The van der Waals surface area contributed by atoms with Gasteiger partial charge in [0.05, 0.1) is 5.75 Å². The molecule has 0 spiro atoms. The molecule has 0 saturated carbocycles. The van der Waals surface area contributed by atoms with Crippen LogP contribution in [0.1, 0.15) is 6.92 Å². The topological polar surface area (TPSA) is 17.1 Å². The summed E-state index contributed by atoms with van der Waals surface area (Å²) in [6.07, 6.45) is 0. The van der Waals surface area contributed by atoms with Gasteiger partial charge in [0.25, 0.3) is 0 Å². The molecule has 0 aromatic rings. The van der Waals surface area contributed by atoms with Crippen LogP contribution in [0.25, 0.3) is 0 Å². The molecule has 0 aliphatic rings. The van der Waals surface area contributed by atoms with Gasteiger partial charge in [-0.2, -0.15) is 0 Å². The van der Waals surface area contributed by atoms with Crippen LogP contribution in [0, 0.1) is 0 Å². The molecule has 0 bridgehead atoms. The first kappa shape index (κ1) is 7.18. The summed E-state index contributed by atoms with van der Waals surface area (Å²) in [7, 11) is 3.86. The van der Waals surface area contributed by atoms with Crippen LogP contribution in [-0.2, 0) is 10.0 Å². The van der Waals surface area contributed by atoms with Crippen molar-refractivity contribution in [2.24, 2.45) is 0 Å². The predicted molar refractivity (Wildman–Crippen MR) is 33.7 cm³/mol. The molecular weight excluding hydrogens is 132 g/mol. The highest BCUT2D eigenvalue weighted by Crippen LogP contribution is 1.94. The van der Waals surface area contributed by atoms with E-state index in [2.05, 4.69) is 6.58 Å². The van der Waals surface area contributed by atoms with E-state index >= 15 is 0 Å². The summed E-state index contributed by atoms with van der Waals surface area (Å²) in [6.45, 7) is 5.31. The van der Waals surface area contributed by atoms with Crippen LogP contribution in [0.3, 0.4) is 0 Å². The predicted octanol–water partition coefficient (Wildman–Crippen LogP) is 1.47. The molecule has 1 nitrogen and oxygen atoms in total. The van der Waals surface area contributed by atoms with E-state index < -0.39 is 10.0 Å². The Labute approximate surface area is 50.3 Å². The van der Waals surface area contributed by atoms with Gasteiger partial charge in [0.15, 0.2) is 0 Å². The highest BCUT2D eigenvalue weighted by molar-refractivity contribution is 8.08. The van der Waals surface area contributed by atoms with Crippen LogP contribution in [-0.4, -0.2) is 9.96 Å². The van der Waals surface area contributed by atoms with Crippen molar-refractivity contribution in [3.63, 3.8) is 0 Å². The first-order valence-electron chi connectivity index (χ1n) is 1.82. The lowest BCUT2D eigenvalue weighted by Gasteiger charge is -1.86. The molecule has 0 amide bonds. The molecule has 0 rings (SSSR count). The fourth-order valence-corrected chi connectivity index (χ4v) is 1.14. The number of hydrogen-bond donors (Lipinski definition) is 0. The van der Waals surface area contributed by atoms with Crippen molar-refractivity contribution in [2.45, 2.75) is 6.92 Å². The Bertz CT molecular complexity index is 87.9. The van der Waals surface area contributed by atoms with Gasteiger partial charge in [-0.1, -0.05) is 12.2 Å². The zero-order chi connectivity index (χ0) is 5.86. The summed E-state index contributed by atoms with van der Waals surface area (Å²) in [4.78, 5) is 0. The Hall–Kier alpha value is 0.180. The lowest BCUT2D eigenvalue weighted by atomic mass is 10.4. The summed E-state index contributed by atoms with van der Waals surface area (Å²) in [5.41, 5.74) is 0.855. The van der Waals surface area contributed by atoms with Crippen molar-refractivity contribution in [3.8, 4) is 0 Å². The third-order valence-electron chi connectivity index (χ3n) is 0.360. The lowest BCUT2D eigenvalue weighted by molar-refractivity contribution is 0.692. The number of hydrogen-bond acceptors (Lipinski definition) is 1. The average Bonchev–Trinajstić information content (AvgIpc) is 1.27. The van der Waals surface area contributed by atoms with E-state index in [-0.39, 0.29) is 0 Å². The van der Waals surface area contributed by atoms with E-state index in [4.69, 9.17) is 10.7 Å². The molecule has 42 valence electrons. The van der Waals surface area contributed by atoms with Crippen LogP contribution in [0.2, 0.25) is 0 Å². The van der Waals surface area contributed by atoms with Gasteiger partial charge in [-0.3, -0.25) is 0 Å². The summed E-state index contributed by atoms with van der Waals surface area (Å²) in [5, 5.41) is 0. The highest BCUT2D eigenvalue weighted by Gasteiger charge is 1.89. The van der Waals surface area contributed by atoms with Crippen molar-refractivity contribution in [1.82, 2.24) is 0 Å². The van der Waals surface area contributed by atoms with E-state index in [1.54, 1.807) is 6.92 Å². The summed E-state index contributed by atoms with van der Waals surface area (Å²) < 4.78 is 10.1. The molecule has 1 atom stereocenters. The molecule has 7 heavy (non-hydrogen) atoms. The second-order valence-electron chi connectivity index (χ2n) is 1.39. The fourth-order valence-electron chi connectivity index (χ4n) is 0.194. The fraction of sp³-hybridized carbons (Fsp3) is 0.500. The van der Waals surface area contributed by atoms with Gasteiger partial charge in [0.1, 0.15) is 10.0 Å². The van der Waals surface area contributed by atoms with Gasteiger partial charge in [0.2, 0.25) is 0 Å².